The molecule has 4 aromatic rings. The zero-order valence-corrected chi connectivity index (χ0v) is 19.7. The lowest BCUT2D eigenvalue weighted by Gasteiger charge is -2.36. The smallest absolute Gasteiger partial charge is 0.317 e. The van der Waals surface area contributed by atoms with Crippen molar-refractivity contribution in [3.05, 3.63) is 72.3 Å². The predicted octanol–water partition coefficient (Wildman–Crippen LogP) is 4.37. The highest BCUT2D eigenvalue weighted by molar-refractivity contribution is 5.92. The summed E-state index contributed by atoms with van der Waals surface area (Å²) in [5.74, 6) is 1.34. The molecule has 0 spiro atoms. The van der Waals surface area contributed by atoms with Crippen LogP contribution in [0.5, 0.6) is 5.75 Å². The number of carbonyl (C=O) groups excluding carboxylic acids is 1. The molecule has 1 aliphatic heterocycles. The minimum atomic E-state index is -0.273. The summed E-state index contributed by atoms with van der Waals surface area (Å²) in [7, 11) is 1.63. The van der Waals surface area contributed by atoms with Gasteiger partial charge in [0.2, 0.25) is 0 Å². The first kappa shape index (κ1) is 22.6. The number of piperazine rings is 1. The van der Waals surface area contributed by atoms with Crippen molar-refractivity contribution in [3.63, 3.8) is 0 Å². The molecule has 180 valence electrons. The molecule has 35 heavy (non-hydrogen) atoms. The third-order valence-corrected chi connectivity index (χ3v) is 6.38. The number of methoxy groups -OCH3 is 1. The van der Waals surface area contributed by atoms with E-state index in [2.05, 4.69) is 25.2 Å². The van der Waals surface area contributed by atoms with E-state index in [9.17, 15) is 9.18 Å². The lowest BCUT2D eigenvalue weighted by atomic mass is 10.1. The Kier molecular flexibility index (Phi) is 6.22. The van der Waals surface area contributed by atoms with Gasteiger partial charge >= 0.3 is 6.03 Å². The van der Waals surface area contributed by atoms with Crippen LogP contribution in [-0.4, -0.2) is 59.2 Å². The average Bonchev–Trinajstić information content (AvgIpc) is 3.34. The van der Waals surface area contributed by atoms with Crippen molar-refractivity contribution < 1.29 is 13.9 Å². The Hall–Kier alpha value is -4.14. The second kappa shape index (κ2) is 9.61. The largest absolute Gasteiger partial charge is 0.497 e. The summed E-state index contributed by atoms with van der Waals surface area (Å²) in [6, 6.07) is 15.8. The summed E-state index contributed by atoms with van der Waals surface area (Å²) in [5.41, 5.74) is 3.48. The van der Waals surface area contributed by atoms with E-state index in [1.807, 2.05) is 42.2 Å². The molecule has 1 saturated heterocycles. The van der Waals surface area contributed by atoms with Crippen LogP contribution in [0.2, 0.25) is 0 Å². The second-order valence-electron chi connectivity index (χ2n) is 8.57. The molecule has 2 aromatic carbocycles. The number of hydrogen-bond acceptors (Lipinski definition) is 5. The quantitative estimate of drug-likeness (QED) is 0.449. The molecule has 1 fully saturated rings. The number of H-pyrrole nitrogens is 1. The molecule has 5 rings (SSSR count). The standard InChI is InChI=1S/C26H27FN6O2/c1-17(18-5-9-21(35-2)10-6-18)30-26(34)33-13-11-32(12-14-33)25-22-15-23(31-24(22)28-16-29-25)19-3-7-20(27)8-4-19/h3-10,15-17H,11-14H2,1-2H3,(H,30,34)(H,28,29,31). The molecule has 1 atom stereocenters. The van der Waals surface area contributed by atoms with Gasteiger partial charge in [0.25, 0.3) is 0 Å². The number of nitrogens with zero attached hydrogens (tertiary/aromatic N) is 4. The van der Waals surface area contributed by atoms with Crippen LogP contribution in [0.3, 0.4) is 0 Å². The van der Waals surface area contributed by atoms with Crippen molar-refractivity contribution in [1.82, 2.24) is 25.2 Å². The third kappa shape index (κ3) is 4.75. The fourth-order valence-corrected chi connectivity index (χ4v) is 4.34. The molecule has 1 unspecified atom stereocenters. The van der Waals surface area contributed by atoms with E-state index in [1.165, 1.54) is 18.5 Å². The van der Waals surface area contributed by atoms with Gasteiger partial charge in [-0.05, 0) is 60.5 Å². The Morgan fingerprint density at radius 1 is 1.06 bits per heavy atom. The molecule has 0 bridgehead atoms. The van der Waals surface area contributed by atoms with Crippen LogP contribution < -0.4 is 15.0 Å². The third-order valence-electron chi connectivity index (χ3n) is 6.38. The van der Waals surface area contributed by atoms with Crippen LogP contribution >= 0.6 is 0 Å². The van der Waals surface area contributed by atoms with E-state index < -0.39 is 0 Å². The van der Waals surface area contributed by atoms with Gasteiger partial charge in [-0.3, -0.25) is 0 Å². The SMILES string of the molecule is COc1ccc(C(C)NC(=O)N2CCN(c3ncnc4[nH]c(-c5ccc(F)cc5)cc34)CC2)cc1. The van der Waals surface area contributed by atoms with Gasteiger partial charge in [-0.25, -0.2) is 19.2 Å². The Morgan fingerprint density at radius 3 is 2.46 bits per heavy atom. The molecule has 0 aliphatic carbocycles. The molecule has 8 nitrogen and oxygen atoms in total. The number of rotatable bonds is 5. The van der Waals surface area contributed by atoms with Gasteiger partial charge in [-0.2, -0.15) is 0 Å². The van der Waals surface area contributed by atoms with Gasteiger partial charge in [0, 0.05) is 31.9 Å². The minimum absolute atomic E-state index is 0.0824. The number of halogens is 1. The maximum atomic E-state index is 13.3. The second-order valence-corrected chi connectivity index (χ2v) is 8.57. The molecule has 2 N–H and O–H groups in total. The minimum Gasteiger partial charge on any atom is -0.497 e. The van der Waals surface area contributed by atoms with Crippen LogP contribution in [-0.2, 0) is 0 Å². The van der Waals surface area contributed by atoms with Crippen LogP contribution in [0.1, 0.15) is 18.5 Å². The van der Waals surface area contributed by atoms with E-state index in [1.54, 1.807) is 19.2 Å². The number of fused-ring (bicyclic) bond motifs is 1. The van der Waals surface area contributed by atoms with Crippen molar-refractivity contribution in [1.29, 1.82) is 0 Å². The molecule has 2 amide bonds. The number of aromatic amines is 1. The number of amides is 2. The van der Waals surface area contributed by atoms with Gasteiger partial charge in [0.1, 0.15) is 29.4 Å². The summed E-state index contributed by atoms with van der Waals surface area (Å²) in [6.07, 6.45) is 1.54. The van der Waals surface area contributed by atoms with Crippen molar-refractivity contribution in [2.24, 2.45) is 0 Å². The van der Waals surface area contributed by atoms with Gasteiger partial charge in [0.15, 0.2) is 0 Å². The highest BCUT2D eigenvalue weighted by Crippen LogP contribution is 2.29. The topological polar surface area (TPSA) is 86.4 Å². The zero-order valence-electron chi connectivity index (χ0n) is 19.7. The van der Waals surface area contributed by atoms with Crippen molar-refractivity contribution >= 4 is 22.9 Å². The Bertz CT molecular complexity index is 1310. The summed E-state index contributed by atoms with van der Waals surface area (Å²) < 4.78 is 18.5. The lowest BCUT2D eigenvalue weighted by molar-refractivity contribution is 0.191. The number of ether oxygens (including phenoxy) is 1. The Balaban J connectivity index is 1.24. The van der Waals surface area contributed by atoms with Crippen molar-refractivity contribution in [3.8, 4) is 17.0 Å². The van der Waals surface area contributed by atoms with Crippen molar-refractivity contribution in [2.75, 3.05) is 38.2 Å². The molecular formula is C26H27FN6O2. The van der Waals surface area contributed by atoms with E-state index in [4.69, 9.17) is 4.74 Å². The fourth-order valence-electron chi connectivity index (χ4n) is 4.34. The summed E-state index contributed by atoms with van der Waals surface area (Å²) in [4.78, 5) is 29.1. The number of anilines is 1. The summed E-state index contributed by atoms with van der Waals surface area (Å²) >= 11 is 0. The van der Waals surface area contributed by atoms with E-state index in [-0.39, 0.29) is 17.9 Å². The van der Waals surface area contributed by atoms with Crippen molar-refractivity contribution in [2.45, 2.75) is 13.0 Å². The maximum absolute atomic E-state index is 13.3. The first-order valence-corrected chi connectivity index (χ1v) is 11.6. The fraction of sp³-hybridized carbons (Fsp3) is 0.269. The normalized spacial score (nSPS) is 14.7. The molecule has 9 heteroatoms. The first-order valence-electron chi connectivity index (χ1n) is 11.6. The molecule has 3 heterocycles. The van der Waals surface area contributed by atoms with E-state index >= 15 is 0 Å². The lowest BCUT2D eigenvalue weighted by Crippen LogP contribution is -2.52. The van der Waals surface area contributed by atoms with Gasteiger partial charge in [-0.15, -0.1) is 0 Å². The summed E-state index contributed by atoms with van der Waals surface area (Å²) in [5, 5.41) is 3.98. The number of nitrogens with one attached hydrogen (secondary N) is 2. The summed E-state index contributed by atoms with van der Waals surface area (Å²) in [6.45, 7) is 4.46. The molecule has 0 radical (unpaired) electrons. The van der Waals surface area contributed by atoms with Gasteiger partial charge < -0.3 is 24.8 Å². The van der Waals surface area contributed by atoms with Gasteiger partial charge in [0.05, 0.1) is 18.5 Å². The number of hydrogen-bond donors (Lipinski definition) is 2. The van der Waals surface area contributed by atoms with E-state index in [0.717, 1.165) is 39.4 Å². The maximum Gasteiger partial charge on any atom is 0.317 e. The number of benzene rings is 2. The Labute approximate surface area is 202 Å². The number of aromatic nitrogens is 3. The van der Waals surface area contributed by atoms with E-state index in [0.29, 0.717) is 26.2 Å². The molecule has 0 saturated carbocycles. The monoisotopic (exact) mass is 474 g/mol. The molecule has 1 aliphatic rings. The predicted molar refractivity (Wildman–Crippen MR) is 133 cm³/mol. The average molecular weight is 475 g/mol. The number of urea groups is 1. The number of carbonyl (C=O) groups is 1. The Morgan fingerprint density at radius 2 is 1.77 bits per heavy atom. The van der Waals surface area contributed by atoms with Crippen LogP contribution in [0.25, 0.3) is 22.3 Å². The van der Waals surface area contributed by atoms with Crippen LogP contribution in [0, 0.1) is 5.82 Å². The van der Waals surface area contributed by atoms with Crippen LogP contribution in [0.15, 0.2) is 60.9 Å². The highest BCUT2D eigenvalue weighted by atomic mass is 19.1. The molecule has 2 aromatic heterocycles. The zero-order chi connectivity index (χ0) is 24.4. The highest BCUT2D eigenvalue weighted by Gasteiger charge is 2.25. The first-order chi connectivity index (χ1) is 17.0. The molecular weight excluding hydrogens is 447 g/mol. The van der Waals surface area contributed by atoms with Crippen LogP contribution in [0.4, 0.5) is 15.0 Å². The van der Waals surface area contributed by atoms with Gasteiger partial charge in [-0.1, -0.05) is 12.1 Å².